The predicted molar refractivity (Wildman–Crippen MR) is 152 cm³/mol. The first-order valence-corrected chi connectivity index (χ1v) is 13.2. The van der Waals surface area contributed by atoms with Crippen molar-refractivity contribution in [2.24, 2.45) is 0 Å². The second kappa shape index (κ2) is 11.8. The maximum atomic E-state index is 13.3. The molecule has 1 unspecified atom stereocenters. The molecule has 0 spiro atoms. The van der Waals surface area contributed by atoms with Crippen LogP contribution in [0.5, 0.6) is 0 Å². The summed E-state index contributed by atoms with van der Waals surface area (Å²) in [5, 5.41) is 15.6. The van der Waals surface area contributed by atoms with Gasteiger partial charge in [-0.05, 0) is 41.0 Å². The summed E-state index contributed by atoms with van der Waals surface area (Å²) >= 11 is 7.22. The van der Waals surface area contributed by atoms with E-state index in [2.05, 4.69) is 20.8 Å². The lowest BCUT2D eigenvalue weighted by Gasteiger charge is -2.18. The highest BCUT2D eigenvalue weighted by molar-refractivity contribution is 7.18. The lowest BCUT2D eigenvalue weighted by atomic mass is 10.0. The number of hydrogen-bond donors (Lipinski definition) is 2. The van der Waals surface area contributed by atoms with Crippen LogP contribution in [0, 0.1) is 0 Å². The number of rotatable bonds is 8. The van der Waals surface area contributed by atoms with Crippen molar-refractivity contribution in [1.82, 2.24) is 15.5 Å². The minimum Gasteiger partial charge on any atom is -0.340 e. The van der Waals surface area contributed by atoms with Gasteiger partial charge in [-0.15, -0.1) is 10.2 Å². The molecule has 1 aromatic heterocycles. The standard InChI is InChI=1S/C30H23ClN4O2S/c31-25-17-15-24(16-18-25)29-34-35-30(38-29)33-28(37)26(19-20-7-3-1-4-8-20)32-27(36)23-13-11-22(12-14-23)21-9-5-2-6-10-21/h1-18,26H,19H2,(H,32,36)(H,33,35,37). The molecule has 0 aliphatic rings. The second-order valence-corrected chi connectivity index (χ2v) is 9.98. The number of nitrogens with one attached hydrogen (secondary N) is 2. The summed E-state index contributed by atoms with van der Waals surface area (Å²) in [6, 6.07) is 33.2. The average Bonchev–Trinajstić information content (AvgIpc) is 3.42. The molecule has 1 heterocycles. The average molecular weight is 539 g/mol. The van der Waals surface area contributed by atoms with Crippen LogP contribution in [0.1, 0.15) is 15.9 Å². The third-order valence-corrected chi connectivity index (χ3v) is 7.04. The molecule has 0 saturated carbocycles. The van der Waals surface area contributed by atoms with Gasteiger partial charge in [-0.1, -0.05) is 108 Å². The maximum Gasteiger partial charge on any atom is 0.251 e. The van der Waals surface area contributed by atoms with E-state index in [1.807, 2.05) is 84.9 Å². The van der Waals surface area contributed by atoms with Gasteiger partial charge >= 0.3 is 0 Å². The first-order chi connectivity index (χ1) is 18.5. The Labute approximate surface area is 229 Å². The summed E-state index contributed by atoms with van der Waals surface area (Å²) in [5.74, 6) is -0.707. The summed E-state index contributed by atoms with van der Waals surface area (Å²) in [6.07, 6.45) is 0.323. The predicted octanol–water partition coefficient (Wildman–Crippen LogP) is 6.51. The molecule has 1 atom stereocenters. The maximum absolute atomic E-state index is 13.3. The summed E-state index contributed by atoms with van der Waals surface area (Å²) in [6.45, 7) is 0. The monoisotopic (exact) mass is 538 g/mol. The van der Waals surface area contributed by atoms with Gasteiger partial charge in [0.15, 0.2) is 0 Å². The van der Waals surface area contributed by atoms with Gasteiger partial charge in [0.2, 0.25) is 11.0 Å². The third kappa shape index (κ3) is 6.32. The highest BCUT2D eigenvalue weighted by Gasteiger charge is 2.23. The van der Waals surface area contributed by atoms with Crippen molar-refractivity contribution < 1.29 is 9.59 Å². The Bertz CT molecular complexity index is 1520. The Morgan fingerprint density at radius 3 is 2.03 bits per heavy atom. The molecule has 0 saturated heterocycles. The lowest BCUT2D eigenvalue weighted by Crippen LogP contribution is -2.45. The summed E-state index contributed by atoms with van der Waals surface area (Å²) in [7, 11) is 0. The fourth-order valence-corrected chi connectivity index (χ4v) is 4.80. The van der Waals surface area contributed by atoms with E-state index in [1.165, 1.54) is 11.3 Å². The fraction of sp³-hybridized carbons (Fsp3) is 0.0667. The van der Waals surface area contributed by atoms with Crippen LogP contribution in [0.25, 0.3) is 21.7 Å². The van der Waals surface area contributed by atoms with Crippen LogP contribution in [0.2, 0.25) is 5.02 Å². The van der Waals surface area contributed by atoms with Crippen LogP contribution in [-0.2, 0) is 11.2 Å². The molecule has 4 aromatic carbocycles. The van der Waals surface area contributed by atoms with E-state index in [0.29, 0.717) is 27.1 Å². The zero-order chi connectivity index (χ0) is 26.3. The van der Waals surface area contributed by atoms with E-state index < -0.39 is 6.04 Å². The van der Waals surface area contributed by atoms with Crippen molar-refractivity contribution in [2.45, 2.75) is 12.5 Å². The van der Waals surface area contributed by atoms with Crippen molar-refractivity contribution in [1.29, 1.82) is 0 Å². The quantitative estimate of drug-likeness (QED) is 0.236. The SMILES string of the molecule is O=C(NC(Cc1ccccc1)C(=O)Nc1nnc(-c2ccc(Cl)cc2)s1)c1ccc(-c2ccccc2)cc1. The fourth-order valence-electron chi connectivity index (χ4n) is 3.92. The molecule has 6 nitrogen and oxygen atoms in total. The number of amides is 2. The van der Waals surface area contributed by atoms with Crippen LogP contribution in [0.3, 0.4) is 0 Å². The highest BCUT2D eigenvalue weighted by atomic mass is 35.5. The largest absolute Gasteiger partial charge is 0.340 e. The van der Waals surface area contributed by atoms with Crippen molar-refractivity contribution in [3.8, 4) is 21.7 Å². The van der Waals surface area contributed by atoms with Gasteiger partial charge in [-0.25, -0.2) is 0 Å². The first kappa shape index (κ1) is 25.3. The van der Waals surface area contributed by atoms with Gasteiger partial charge < -0.3 is 5.32 Å². The van der Waals surface area contributed by atoms with Crippen molar-refractivity contribution in [3.63, 3.8) is 0 Å². The number of carbonyl (C=O) groups excluding carboxylic acids is 2. The third-order valence-electron chi connectivity index (χ3n) is 5.90. The van der Waals surface area contributed by atoms with E-state index in [4.69, 9.17) is 11.6 Å². The minimum absolute atomic E-state index is 0.323. The topological polar surface area (TPSA) is 84.0 Å². The number of halogens is 1. The lowest BCUT2D eigenvalue weighted by molar-refractivity contribution is -0.118. The van der Waals surface area contributed by atoms with Crippen LogP contribution in [-0.4, -0.2) is 28.1 Å². The van der Waals surface area contributed by atoms with Crippen molar-refractivity contribution in [3.05, 3.63) is 125 Å². The second-order valence-electron chi connectivity index (χ2n) is 8.57. The van der Waals surface area contributed by atoms with Crippen LogP contribution < -0.4 is 10.6 Å². The number of aromatic nitrogens is 2. The van der Waals surface area contributed by atoms with E-state index in [9.17, 15) is 9.59 Å². The van der Waals surface area contributed by atoms with E-state index in [0.717, 1.165) is 22.3 Å². The molecule has 2 amide bonds. The van der Waals surface area contributed by atoms with Gasteiger partial charge in [-0.2, -0.15) is 0 Å². The van der Waals surface area contributed by atoms with Gasteiger partial charge in [0.1, 0.15) is 11.0 Å². The smallest absolute Gasteiger partial charge is 0.251 e. The number of benzene rings is 4. The minimum atomic E-state index is -0.818. The Morgan fingerprint density at radius 1 is 0.737 bits per heavy atom. The Hall–Kier alpha value is -4.33. The van der Waals surface area contributed by atoms with Gasteiger partial charge in [-0.3, -0.25) is 14.9 Å². The highest BCUT2D eigenvalue weighted by Crippen LogP contribution is 2.27. The van der Waals surface area contributed by atoms with Gasteiger partial charge in [0.25, 0.3) is 5.91 Å². The molecule has 5 aromatic rings. The van der Waals surface area contributed by atoms with E-state index in [-0.39, 0.29) is 11.8 Å². The zero-order valence-corrected chi connectivity index (χ0v) is 21.7. The zero-order valence-electron chi connectivity index (χ0n) is 20.2. The molecule has 0 fully saturated rings. The van der Waals surface area contributed by atoms with Gasteiger partial charge in [0.05, 0.1) is 0 Å². The molecule has 8 heteroatoms. The number of nitrogens with zero attached hydrogens (tertiary/aromatic N) is 2. The molecule has 188 valence electrons. The van der Waals surface area contributed by atoms with Gasteiger partial charge in [0, 0.05) is 22.6 Å². The number of hydrogen-bond acceptors (Lipinski definition) is 5. The molecule has 0 radical (unpaired) electrons. The first-order valence-electron chi connectivity index (χ1n) is 12.0. The van der Waals surface area contributed by atoms with Crippen LogP contribution >= 0.6 is 22.9 Å². The Balaban J connectivity index is 1.31. The Morgan fingerprint density at radius 2 is 1.34 bits per heavy atom. The molecule has 0 bridgehead atoms. The summed E-state index contributed by atoms with van der Waals surface area (Å²) in [4.78, 5) is 26.4. The molecule has 38 heavy (non-hydrogen) atoms. The molecular weight excluding hydrogens is 516 g/mol. The number of carbonyl (C=O) groups is 2. The molecule has 5 rings (SSSR count). The molecule has 2 N–H and O–H groups in total. The van der Waals surface area contributed by atoms with E-state index in [1.54, 1.807) is 24.3 Å². The van der Waals surface area contributed by atoms with Crippen LogP contribution in [0.15, 0.2) is 109 Å². The van der Waals surface area contributed by atoms with Crippen molar-refractivity contribution in [2.75, 3.05) is 5.32 Å². The summed E-state index contributed by atoms with van der Waals surface area (Å²) in [5.41, 5.74) is 4.31. The normalized spacial score (nSPS) is 11.5. The van der Waals surface area contributed by atoms with Crippen LogP contribution in [0.4, 0.5) is 5.13 Å². The Kier molecular flexibility index (Phi) is 7.87. The molecule has 0 aliphatic carbocycles. The summed E-state index contributed by atoms with van der Waals surface area (Å²) < 4.78 is 0. The molecule has 0 aliphatic heterocycles. The molecular formula is C30H23ClN4O2S. The van der Waals surface area contributed by atoms with Crippen molar-refractivity contribution >= 4 is 39.9 Å². The van der Waals surface area contributed by atoms with E-state index >= 15 is 0 Å². The number of anilines is 1.